The van der Waals surface area contributed by atoms with Crippen molar-refractivity contribution in [2.45, 2.75) is 70.9 Å². The molecule has 2 atom stereocenters. The van der Waals surface area contributed by atoms with Gasteiger partial charge in [-0.25, -0.2) is 4.79 Å². The van der Waals surface area contributed by atoms with Crippen molar-refractivity contribution in [3.05, 3.63) is 59.7 Å². The van der Waals surface area contributed by atoms with Crippen LogP contribution in [0.5, 0.6) is 11.5 Å². The highest BCUT2D eigenvalue weighted by Gasteiger charge is 2.37. The van der Waals surface area contributed by atoms with Gasteiger partial charge in [0.15, 0.2) is 11.5 Å². The zero-order valence-electron chi connectivity index (χ0n) is 20.8. The Labute approximate surface area is 210 Å². The molecule has 0 aliphatic heterocycles. The van der Waals surface area contributed by atoms with Gasteiger partial charge in [0, 0.05) is 25.7 Å². The predicted molar refractivity (Wildman–Crippen MR) is 132 cm³/mol. The lowest BCUT2D eigenvalue weighted by atomic mass is 9.86. The second kappa shape index (κ2) is 13.4. The highest BCUT2D eigenvalue weighted by molar-refractivity contribution is 5.89. The van der Waals surface area contributed by atoms with Crippen molar-refractivity contribution in [2.75, 3.05) is 0 Å². The Kier molecular flexibility index (Phi) is 10.6. The Morgan fingerprint density at radius 2 is 1.50 bits per heavy atom. The molecule has 3 N–H and O–H groups in total. The van der Waals surface area contributed by atoms with E-state index in [0.29, 0.717) is 24.0 Å². The van der Waals surface area contributed by atoms with E-state index >= 15 is 0 Å². The number of hydrogen-bond acceptors (Lipinski definition) is 8. The minimum Gasteiger partial charge on any atom is -0.480 e. The van der Waals surface area contributed by atoms with Gasteiger partial charge in [-0.2, -0.15) is 0 Å². The molecule has 0 aromatic heterocycles. The SMILES string of the molecule is CCCC(=O)Oc1ccc(CC(N)(C[C@H](C)OC(=O)c2ccccc2)C(=O)O)cc1OC(=O)CCC. The summed E-state index contributed by atoms with van der Waals surface area (Å²) in [5.74, 6) is -2.80. The van der Waals surface area contributed by atoms with Gasteiger partial charge >= 0.3 is 23.9 Å². The van der Waals surface area contributed by atoms with E-state index < -0.39 is 35.5 Å². The topological polar surface area (TPSA) is 142 Å². The van der Waals surface area contributed by atoms with Crippen molar-refractivity contribution in [2.24, 2.45) is 5.73 Å². The molecule has 0 spiro atoms. The van der Waals surface area contributed by atoms with Crippen LogP contribution in [0.4, 0.5) is 0 Å². The number of hydrogen-bond donors (Lipinski definition) is 2. The van der Waals surface area contributed by atoms with Crippen LogP contribution in [0.2, 0.25) is 0 Å². The first kappa shape index (κ1) is 28.5. The minimum absolute atomic E-state index is 0.00620. The molecule has 0 saturated carbocycles. The lowest BCUT2D eigenvalue weighted by molar-refractivity contribution is -0.144. The van der Waals surface area contributed by atoms with Gasteiger partial charge in [0.1, 0.15) is 11.6 Å². The highest BCUT2D eigenvalue weighted by Crippen LogP contribution is 2.31. The zero-order chi connectivity index (χ0) is 26.7. The summed E-state index contributed by atoms with van der Waals surface area (Å²) < 4.78 is 16.1. The van der Waals surface area contributed by atoms with Crippen LogP contribution in [0, 0.1) is 0 Å². The van der Waals surface area contributed by atoms with Crippen molar-refractivity contribution in [3.8, 4) is 11.5 Å². The van der Waals surface area contributed by atoms with Crippen LogP contribution in [-0.4, -0.2) is 40.6 Å². The van der Waals surface area contributed by atoms with E-state index in [1.54, 1.807) is 43.3 Å². The van der Waals surface area contributed by atoms with Crippen molar-refractivity contribution in [1.82, 2.24) is 0 Å². The fraction of sp³-hybridized carbons (Fsp3) is 0.407. The van der Waals surface area contributed by atoms with Crippen LogP contribution in [0.1, 0.15) is 68.8 Å². The Morgan fingerprint density at radius 3 is 2.06 bits per heavy atom. The van der Waals surface area contributed by atoms with Gasteiger partial charge in [-0.15, -0.1) is 0 Å². The average molecular weight is 500 g/mol. The Bertz CT molecular complexity index is 1070. The highest BCUT2D eigenvalue weighted by atomic mass is 16.6. The summed E-state index contributed by atoms with van der Waals surface area (Å²) in [6, 6.07) is 12.8. The smallest absolute Gasteiger partial charge is 0.338 e. The number of carboxylic acid groups (broad SMARTS) is 1. The molecule has 0 amide bonds. The van der Waals surface area contributed by atoms with Gasteiger partial charge in [-0.05, 0) is 49.6 Å². The van der Waals surface area contributed by atoms with Crippen LogP contribution in [0.3, 0.4) is 0 Å². The van der Waals surface area contributed by atoms with Crippen LogP contribution < -0.4 is 15.2 Å². The summed E-state index contributed by atoms with van der Waals surface area (Å²) in [5.41, 5.74) is 5.25. The largest absolute Gasteiger partial charge is 0.480 e. The number of esters is 3. The molecule has 9 heteroatoms. The maximum atomic E-state index is 12.3. The fourth-order valence-corrected chi connectivity index (χ4v) is 3.56. The third-order valence-electron chi connectivity index (χ3n) is 5.28. The van der Waals surface area contributed by atoms with Crippen molar-refractivity contribution < 1.29 is 38.5 Å². The van der Waals surface area contributed by atoms with Crippen molar-refractivity contribution in [1.29, 1.82) is 0 Å². The Morgan fingerprint density at radius 1 is 0.917 bits per heavy atom. The molecule has 0 fully saturated rings. The average Bonchev–Trinajstić information content (AvgIpc) is 2.81. The summed E-state index contributed by atoms with van der Waals surface area (Å²) in [6.07, 6.45) is 0.379. The normalized spacial score (nSPS) is 13.2. The first-order chi connectivity index (χ1) is 17.1. The molecule has 9 nitrogen and oxygen atoms in total. The summed E-state index contributed by atoms with van der Waals surface area (Å²) >= 11 is 0. The van der Waals surface area contributed by atoms with E-state index in [0.717, 1.165) is 0 Å². The predicted octanol–water partition coefficient (Wildman–Crippen LogP) is 4.06. The first-order valence-electron chi connectivity index (χ1n) is 11.9. The molecule has 0 heterocycles. The number of carbonyl (C=O) groups is 4. The third kappa shape index (κ3) is 8.49. The summed E-state index contributed by atoms with van der Waals surface area (Å²) in [7, 11) is 0. The van der Waals surface area contributed by atoms with E-state index in [4.69, 9.17) is 19.9 Å². The lowest BCUT2D eigenvalue weighted by Gasteiger charge is -2.28. The monoisotopic (exact) mass is 499 g/mol. The number of nitrogens with two attached hydrogens (primary N) is 1. The van der Waals surface area contributed by atoms with E-state index in [2.05, 4.69) is 0 Å². The second-order valence-corrected chi connectivity index (χ2v) is 8.65. The van der Waals surface area contributed by atoms with Gasteiger partial charge in [0.2, 0.25) is 0 Å². The van der Waals surface area contributed by atoms with Crippen molar-refractivity contribution in [3.63, 3.8) is 0 Å². The molecule has 0 aliphatic carbocycles. The first-order valence-corrected chi connectivity index (χ1v) is 11.9. The van der Waals surface area contributed by atoms with E-state index in [1.165, 1.54) is 12.1 Å². The zero-order valence-corrected chi connectivity index (χ0v) is 20.8. The number of carboxylic acids is 1. The van der Waals surface area contributed by atoms with Gasteiger partial charge in [0.25, 0.3) is 0 Å². The van der Waals surface area contributed by atoms with Crippen molar-refractivity contribution >= 4 is 23.9 Å². The van der Waals surface area contributed by atoms with E-state index in [-0.39, 0.29) is 37.2 Å². The van der Waals surface area contributed by atoms with E-state index in [1.807, 2.05) is 13.8 Å². The summed E-state index contributed by atoms with van der Waals surface area (Å²) in [5, 5.41) is 9.89. The standard InChI is InChI=1S/C27H33NO8/c1-4-9-23(29)35-21-14-13-19(15-22(21)36-24(30)10-5-2)17-27(28,26(32)33)16-18(3)34-25(31)20-11-7-6-8-12-20/h6-8,11-15,18H,4-5,9-10,16-17,28H2,1-3H3,(H,32,33)/t18-,27?/m0/s1. The number of carbonyl (C=O) groups excluding carboxylic acids is 3. The number of aliphatic carboxylic acids is 1. The fourth-order valence-electron chi connectivity index (χ4n) is 3.56. The molecular weight excluding hydrogens is 466 g/mol. The number of rotatable bonds is 13. The second-order valence-electron chi connectivity index (χ2n) is 8.65. The molecule has 0 bridgehead atoms. The molecule has 1 unspecified atom stereocenters. The molecular formula is C27H33NO8. The maximum absolute atomic E-state index is 12.3. The Hall–Kier alpha value is -3.72. The van der Waals surface area contributed by atoms with Crippen LogP contribution in [-0.2, 0) is 25.5 Å². The number of benzene rings is 2. The quantitative estimate of drug-likeness (QED) is 0.308. The van der Waals surface area contributed by atoms with Gasteiger partial charge in [-0.3, -0.25) is 14.4 Å². The van der Waals surface area contributed by atoms with Gasteiger partial charge < -0.3 is 25.1 Å². The molecule has 2 aromatic carbocycles. The summed E-state index contributed by atoms with van der Waals surface area (Å²) in [6.45, 7) is 5.22. The lowest BCUT2D eigenvalue weighted by Crippen LogP contribution is -2.52. The van der Waals surface area contributed by atoms with Crippen LogP contribution in [0.15, 0.2) is 48.5 Å². The minimum atomic E-state index is -1.79. The molecule has 0 radical (unpaired) electrons. The summed E-state index contributed by atoms with van der Waals surface area (Å²) in [4.78, 5) is 48.6. The molecule has 194 valence electrons. The van der Waals surface area contributed by atoms with Gasteiger partial charge in [-0.1, -0.05) is 38.1 Å². The van der Waals surface area contributed by atoms with Gasteiger partial charge in [0.05, 0.1) is 5.56 Å². The maximum Gasteiger partial charge on any atom is 0.338 e. The number of ether oxygens (including phenoxy) is 3. The van der Waals surface area contributed by atoms with Crippen LogP contribution >= 0.6 is 0 Å². The molecule has 2 aromatic rings. The third-order valence-corrected chi connectivity index (χ3v) is 5.28. The van der Waals surface area contributed by atoms with Crippen LogP contribution in [0.25, 0.3) is 0 Å². The molecule has 0 aliphatic rings. The molecule has 2 rings (SSSR count). The molecule has 0 saturated heterocycles. The van der Waals surface area contributed by atoms with E-state index in [9.17, 15) is 24.3 Å². The molecule has 36 heavy (non-hydrogen) atoms. The Balaban J connectivity index is 2.23.